The standard InChI is InChI=1S/C20H28N4O2/c1-23(2)12-17-14-24(8-9-26-15-17)13-16-10-21-20(22-11-16)18-4-6-19(25-3)7-5-18/h4-7,10-11,17H,8-9,12-15H2,1-3H3/t17-/m0/s1. The van der Waals surface area contributed by atoms with Gasteiger partial charge in [0.05, 0.1) is 20.3 Å². The molecular formula is C20H28N4O2. The van der Waals surface area contributed by atoms with Crippen molar-refractivity contribution in [2.75, 3.05) is 54.1 Å². The van der Waals surface area contributed by atoms with Gasteiger partial charge in [0, 0.05) is 55.6 Å². The van der Waals surface area contributed by atoms with Crippen molar-refractivity contribution in [3.63, 3.8) is 0 Å². The largest absolute Gasteiger partial charge is 0.497 e. The second-order valence-corrected chi connectivity index (χ2v) is 7.08. The Kier molecular flexibility index (Phi) is 6.55. The first-order chi connectivity index (χ1) is 12.6. The van der Waals surface area contributed by atoms with Gasteiger partial charge in [-0.3, -0.25) is 4.90 Å². The normalized spacial score (nSPS) is 18.7. The van der Waals surface area contributed by atoms with Gasteiger partial charge < -0.3 is 14.4 Å². The van der Waals surface area contributed by atoms with Crippen LogP contribution >= 0.6 is 0 Å². The third kappa shape index (κ3) is 5.24. The minimum absolute atomic E-state index is 0.534. The molecule has 0 saturated carbocycles. The van der Waals surface area contributed by atoms with Crippen LogP contribution in [-0.2, 0) is 11.3 Å². The fourth-order valence-electron chi connectivity index (χ4n) is 3.31. The van der Waals surface area contributed by atoms with E-state index in [0.29, 0.717) is 5.92 Å². The summed E-state index contributed by atoms with van der Waals surface area (Å²) in [5.41, 5.74) is 2.12. The van der Waals surface area contributed by atoms with Gasteiger partial charge in [-0.25, -0.2) is 9.97 Å². The van der Waals surface area contributed by atoms with Gasteiger partial charge in [0.15, 0.2) is 5.82 Å². The molecule has 0 amide bonds. The minimum atomic E-state index is 0.534. The van der Waals surface area contributed by atoms with Crippen molar-refractivity contribution in [2.24, 2.45) is 5.92 Å². The van der Waals surface area contributed by atoms with E-state index in [1.807, 2.05) is 36.7 Å². The lowest BCUT2D eigenvalue weighted by molar-refractivity contribution is 0.112. The van der Waals surface area contributed by atoms with Crippen LogP contribution in [0.25, 0.3) is 11.4 Å². The average molecular weight is 356 g/mol. The molecule has 0 radical (unpaired) electrons. The molecule has 1 aliphatic heterocycles. The van der Waals surface area contributed by atoms with Gasteiger partial charge in [-0.05, 0) is 38.4 Å². The van der Waals surface area contributed by atoms with Gasteiger partial charge in [-0.2, -0.15) is 0 Å². The maximum atomic E-state index is 5.76. The van der Waals surface area contributed by atoms with E-state index < -0.39 is 0 Å². The van der Waals surface area contributed by atoms with E-state index in [0.717, 1.165) is 62.1 Å². The average Bonchev–Trinajstić information content (AvgIpc) is 2.87. The molecule has 1 saturated heterocycles. The summed E-state index contributed by atoms with van der Waals surface area (Å²) in [5.74, 6) is 2.11. The third-order valence-electron chi connectivity index (χ3n) is 4.50. The molecule has 6 nitrogen and oxygen atoms in total. The van der Waals surface area contributed by atoms with Crippen LogP contribution in [0.3, 0.4) is 0 Å². The fourth-order valence-corrected chi connectivity index (χ4v) is 3.31. The van der Waals surface area contributed by atoms with E-state index in [4.69, 9.17) is 9.47 Å². The highest BCUT2D eigenvalue weighted by atomic mass is 16.5. The molecule has 0 unspecified atom stereocenters. The molecule has 0 spiro atoms. The summed E-state index contributed by atoms with van der Waals surface area (Å²) in [6.07, 6.45) is 3.86. The number of aromatic nitrogens is 2. The first-order valence-electron chi connectivity index (χ1n) is 9.04. The van der Waals surface area contributed by atoms with Crippen LogP contribution in [-0.4, -0.2) is 73.8 Å². The Morgan fingerprint density at radius 2 is 1.92 bits per heavy atom. The van der Waals surface area contributed by atoms with E-state index in [2.05, 4.69) is 33.9 Å². The molecule has 0 aliphatic carbocycles. The van der Waals surface area contributed by atoms with Crippen molar-refractivity contribution in [2.45, 2.75) is 6.54 Å². The summed E-state index contributed by atoms with van der Waals surface area (Å²) in [5, 5.41) is 0. The van der Waals surface area contributed by atoms with Gasteiger partial charge in [0.25, 0.3) is 0 Å². The molecule has 1 aromatic heterocycles. The van der Waals surface area contributed by atoms with E-state index >= 15 is 0 Å². The predicted octanol–water partition coefficient (Wildman–Crippen LogP) is 2.16. The molecule has 26 heavy (non-hydrogen) atoms. The summed E-state index contributed by atoms with van der Waals surface area (Å²) in [6.45, 7) is 5.51. The Labute approximate surface area is 155 Å². The van der Waals surface area contributed by atoms with Gasteiger partial charge in [-0.1, -0.05) is 0 Å². The summed E-state index contributed by atoms with van der Waals surface area (Å²) < 4.78 is 11.0. The van der Waals surface area contributed by atoms with Crippen LogP contribution in [0.4, 0.5) is 0 Å². The van der Waals surface area contributed by atoms with Gasteiger partial charge in [0.2, 0.25) is 0 Å². The van der Waals surface area contributed by atoms with Crippen molar-refractivity contribution in [1.29, 1.82) is 0 Å². The maximum Gasteiger partial charge on any atom is 0.159 e. The van der Waals surface area contributed by atoms with Crippen LogP contribution in [0.5, 0.6) is 5.75 Å². The first-order valence-corrected chi connectivity index (χ1v) is 9.04. The SMILES string of the molecule is COc1ccc(-c2ncc(CN3CCOC[C@@H](CN(C)C)C3)cn2)cc1. The monoisotopic (exact) mass is 356 g/mol. The molecule has 0 N–H and O–H groups in total. The molecule has 1 atom stereocenters. The maximum absolute atomic E-state index is 5.76. The summed E-state index contributed by atoms with van der Waals surface area (Å²) in [7, 11) is 5.89. The summed E-state index contributed by atoms with van der Waals surface area (Å²) in [6, 6.07) is 7.81. The highest BCUT2D eigenvalue weighted by Crippen LogP contribution is 2.19. The molecule has 1 aliphatic rings. The topological polar surface area (TPSA) is 50.7 Å². The number of hydrogen-bond donors (Lipinski definition) is 0. The molecule has 3 rings (SSSR count). The van der Waals surface area contributed by atoms with Crippen molar-refractivity contribution in [1.82, 2.24) is 19.8 Å². The van der Waals surface area contributed by atoms with Crippen molar-refractivity contribution >= 4 is 0 Å². The van der Waals surface area contributed by atoms with Crippen molar-refractivity contribution in [3.8, 4) is 17.1 Å². The highest BCUT2D eigenvalue weighted by Gasteiger charge is 2.19. The highest BCUT2D eigenvalue weighted by molar-refractivity contribution is 5.55. The van der Waals surface area contributed by atoms with Crippen LogP contribution in [0, 0.1) is 5.92 Å². The van der Waals surface area contributed by atoms with Crippen LogP contribution in [0.2, 0.25) is 0 Å². The molecular weight excluding hydrogens is 328 g/mol. The van der Waals surface area contributed by atoms with E-state index in [9.17, 15) is 0 Å². The summed E-state index contributed by atoms with van der Waals surface area (Å²) >= 11 is 0. The Bertz CT molecular complexity index is 673. The number of methoxy groups -OCH3 is 1. The lowest BCUT2D eigenvalue weighted by Gasteiger charge is -2.25. The Hall–Kier alpha value is -2.02. The minimum Gasteiger partial charge on any atom is -0.497 e. The van der Waals surface area contributed by atoms with Crippen LogP contribution in [0.1, 0.15) is 5.56 Å². The molecule has 1 fully saturated rings. The zero-order valence-electron chi connectivity index (χ0n) is 15.9. The zero-order chi connectivity index (χ0) is 18.4. The Morgan fingerprint density at radius 1 is 1.19 bits per heavy atom. The van der Waals surface area contributed by atoms with Gasteiger partial charge >= 0.3 is 0 Å². The number of nitrogens with zero attached hydrogens (tertiary/aromatic N) is 4. The molecule has 2 aromatic rings. The quantitative estimate of drug-likeness (QED) is 0.791. The van der Waals surface area contributed by atoms with Gasteiger partial charge in [-0.15, -0.1) is 0 Å². The second-order valence-electron chi connectivity index (χ2n) is 7.08. The molecule has 2 heterocycles. The Balaban J connectivity index is 1.62. The fraction of sp³-hybridized carbons (Fsp3) is 0.500. The van der Waals surface area contributed by atoms with Crippen LogP contribution in [0.15, 0.2) is 36.7 Å². The van der Waals surface area contributed by atoms with Crippen molar-refractivity contribution < 1.29 is 9.47 Å². The number of rotatable bonds is 6. The lowest BCUT2D eigenvalue weighted by atomic mass is 10.1. The van der Waals surface area contributed by atoms with E-state index in [1.54, 1.807) is 7.11 Å². The first kappa shape index (κ1) is 18.8. The van der Waals surface area contributed by atoms with E-state index in [-0.39, 0.29) is 0 Å². The second kappa shape index (κ2) is 9.07. The molecule has 0 bridgehead atoms. The predicted molar refractivity (Wildman–Crippen MR) is 102 cm³/mol. The Morgan fingerprint density at radius 3 is 2.58 bits per heavy atom. The molecule has 6 heteroatoms. The zero-order valence-corrected chi connectivity index (χ0v) is 15.9. The smallest absolute Gasteiger partial charge is 0.159 e. The number of hydrogen-bond acceptors (Lipinski definition) is 6. The summed E-state index contributed by atoms with van der Waals surface area (Å²) in [4.78, 5) is 13.7. The van der Waals surface area contributed by atoms with Crippen LogP contribution < -0.4 is 4.74 Å². The third-order valence-corrected chi connectivity index (χ3v) is 4.50. The van der Waals surface area contributed by atoms with Gasteiger partial charge in [0.1, 0.15) is 5.75 Å². The lowest BCUT2D eigenvalue weighted by Crippen LogP contribution is -2.34. The number of benzene rings is 1. The molecule has 140 valence electrons. The van der Waals surface area contributed by atoms with Crippen molar-refractivity contribution in [3.05, 3.63) is 42.2 Å². The number of ether oxygens (including phenoxy) is 2. The molecule has 1 aromatic carbocycles. The van der Waals surface area contributed by atoms with E-state index in [1.165, 1.54) is 0 Å².